The summed E-state index contributed by atoms with van der Waals surface area (Å²) in [5, 5.41) is 1.97. The number of anilines is 2. The number of thiazole rings is 1. The Morgan fingerprint density at radius 1 is 0.953 bits per heavy atom. The van der Waals surface area contributed by atoms with Crippen LogP contribution in [0.25, 0.3) is 0 Å². The third-order valence-corrected chi connectivity index (χ3v) is 10.0. The number of aryl methyl sites for hydroxylation is 1. The topological polar surface area (TPSA) is 88.5 Å². The van der Waals surface area contributed by atoms with Gasteiger partial charge in [0.25, 0.3) is 0 Å². The Balaban J connectivity index is 1.41. The molecule has 1 N–H and O–H groups in total. The number of thioether (sulfide) groups is 1. The second kappa shape index (κ2) is 10.8. The summed E-state index contributed by atoms with van der Waals surface area (Å²) < 4.78 is 55.5. The van der Waals surface area contributed by atoms with Crippen LogP contribution in [-0.4, -0.2) is 27.5 Å². The Hall–Kier alpha value is -4.23. The summed E-state index contributed by atoms with van der Waals surface area (Å²) in [6.45, 7) is 1.44. The minimum Gasteiger partial charge on any atom is -0.324 e. The fraction of sp³-hybridized carbons (Fsp3) is 0.200. The van der Waals surface area contributed by atoms with Crippen molar-refractivity contribution in [2.24, 2.45) is 5.92 Å². The summed E-state index contributed by atoms with van der Waals surface area (Å²) in [6.07, 6.45) is -4.70. The zero-order chi connectivity index (χ0) is 30.6. The standard InChI is InChI=1S/C30H21F4N3O4S2/c1-15-5-2-3-8-20(15)35-21(38)14-36-28-25(43-29(36)41)22(16-9-11-18(31)12-10-16)23-24(42-28)27(40)37(26(23)39)19-7-4-6-17(13-19)30(32,33)34/h2-13,22-24H,14H2,1H3,(H,35,38)/t22-,23?,24?/m1/s1. The highest BCUT2D eigenvalue weighted by Gasteiger charge is 2.57. The number of hydrogen-bond acceptors (Lipinski definition) is 6. The molecule has 220 valence electrons. The van der Waals surface area contributed by atoms with E-state index in [9.17, 15) is 36.7 Å². The first-order chi connectivity index (χ1) is 20.4. The van der Waals surface area contributed by atoms with E-state index in [1.54, 1.807) is 12.1 Å². The monoisotopic (exact) mass is 627 g/mol. The van der Waals surface area contributed by atoms with Crippen LogP contribution in [0.4, 0.5) is 28.9 Å². The number of carbonyl (C=O) groups is 3. The highest BCUT2D eigenvalue weighted by atomic mass is 32.2. The maximum absolute atomic E-state index is 13.9. The number of nitrogens with zero attached hydrogens (tertiary/aromatic N) is 2. The lowest BCUT2D eigenvalue weighted by Gasteiger charge is -2.30. The molecule has 13 heteroatoms. The highest BCUT2D eigenvalue weighted by molar-refractivity contribution is 8.00. The lowest BCUT2D eigenvalue weighted by atomic mass is 9.83. The maximum Gasteiger partial charge on any atom is 0.416 e. The minimum atomic E-state index is -4.70. The van der Waals surface area contributed by atoms with Crippen molar-refractivity contribution in [3.8, 4) is 0 Å². The van der Waals surface area contributed by atoms with Crippen LogP contribution in [0.2, 0.25) is 0 Å². The largest absolute Gasteiger partial charge is 0.416 e. The number of carbonyl (C=O) groups excluding carboxylic acids is 3. The molecule has 3 atom stereocenters. The number of rotatable bonds is 5. The van der Waals surface area contributed by atoms with E-state index in [0.717, 1.165) is 51.8 Å². The summed E-state index contributed by atoms with van der Waals surface area (Å²) in [5.74, 6) is -4.47. The number of fused-ring (bicyclic) bond motifs is 2. The Morgan fingerprint density at radius 2 is 1.67 bits per heavy atom. The minimum absolute atomic E-state index is 0.226. The quantitative estimate of drug-likeness (QED) is 0.223. The molecule has 3 amide bonds. The molecule has 4 aromatic rings. The Kier molecular flexibility index (Phi) is 7.25. The summed E-state index contributed by atoms with van der Waals surface area (Å²) in [6, 6.07) is 16.3. The fourth-order valence-electron chi connectivity index (χ4n) is 5.41. The molecule has 43 heavy (non-hydrogen) atoms. The zero-order valence-corrected chi connectivity index (χ0v) is 23.9. The van der Waals surface area contributed by atoms with Gasteiger partial charge in [-0.3, -0.25) is 23.7 Å². The summed E-state index contributed by atoms with van der Waals surface area (Å²) in [5.41, 5.74) is 0.582. The zero-order valence-electron chi connectivity index (χ0n) is 22.2. The molecule has 0 bridgehead atoms. The SMILES string of the molecule is Cc1ccccc1NC(=O)Cn1c2c(sc1=O)[C@H](c1ccc(F)cc1)C1C(=O)N(c3cccc(C(F)(F)F)c3)C(=O)C1S2. The first-order valence-electron chi connectivity index (χ1n) is 13.0. The van der Waals surface area contributed by atoms with Crippen LogP contribution < -0.4 is 15.1 Å². The van der Waals surface area contributed by atoms with Crippen molar-refractivity contribution in [1.82, 2.24) is 4.57 Å². The van der Waals surface area contributed by atoms with Crippen molar-refractivity contribution in [2.45, 2.75) is 35.8 Å². The van der Waals surface area contributed by atoms with Gasteiger partial charge in [0.15, 0.2) is 0 Å². The lowest BCUT2D eigenvalue weighted by molar-refractivity contribution is -0.137. The number of alkyl halides is 3. The van der Waals surface area contributed by atoms with E-state index in [0.29, 0.717) is 21.2 Å². The molecule has 1 saturated heterocycles. The summed E-state index contributed by atoms with van der Waals surface area (Å²) in [4.78, 5) is 54.5. The maximum atomic E-state index is 13.9. The Labute approximate surface area is 250 Å². The van der Waals surface area contributed by atoms with Crippen molar-refractivity contribution in [1.29, 1.82) is 0 Å². The predicted molar refractivity (Wildman–Crippen MR) is 154 cm³/mol. The van der Waals surface area contributed by atoms with Crippen LogP contribution in [0, 0.1) is 18.7 Å². The van der Waals surface area contributed by atoms with Gasteiger partial charge in [0, 0.05) is 16.5 Å². The molecule has 3 heterocycles. The second-order valence-corrected chi connectivity index (χ2v) is 12.3. The number of para-hydroxylation sites is 1. The normalized spacial score (nSPS) is 19.7. The molecule has 3 aromatic carbocycles. The van der Waals surface area contributed by atoms with Gasteiger partial charge in [-0.2, -0.15) is 13.2 Å². The second-order valence-electron chi connectivity index (χ2n) is 10.1. The van der Waals surface area contributed by atoms with E-state index >= 15 is 0 Å². The lowest BCUT2D eigenvalue weighted by Crippen LogP contribution is -2.33. The van der Waals surface area contributed by atoms with Gasteiger partial charge >= 0.3 is 11.0 Å². The molecule has 0 radical (unpaired) electrons. The first kappa shape index (κ1) is 28.9. The van der Waals surface area contributed by atoms with Crippen LogP contribution >= 0.6 is 23.1 Å². The molecule has 0 aliphatic carbocycles. The molecule has 7 nitrogen and oxygen atoms in total. The average molecular weight is 628 g/mol. The third-order valence-electron chi connectivity index (χ3n) is 7.43. The highest BCUT2D eigenvalue weighted by Crippen LogP contribution is 2.54. The number of imide groups is 1. The molecule has 1 aromatic heterocycles. The van der Waals surface area contributed by atoms with Gasteiger partial charge in [0.2, 0.25) is 17.7 Å². The van der Waals surface area contributed by atoms with E-state index < -0.39 is 57.2 Å². The number of hydrogen-bond donors (Lipinski definition) is 1. The van der Waals surface area contributed by atoms with E-state index in [2.05, 4.69) is 5.32 Å². The average Bonchev–Trinajstić information content (AvgIpc) is 3.40. The number of halogens is 4. The van der Waals surface area contributed by atoms with Crippen LogP contribution in [0.5, 0.6) is 0 Å². The molecule has 2 aliphatic rings. The Bertz CT molecular complexity index is 1830. The van der Waals surface area contributed by atoms with Gasteiger partial charge in [0.05, 0.1) is 22.2 Å². The van der Waals surface area contributed by atoms with Gasteiger partial charge in [-0.15, -0.1) is 0 Å². The van der Waals surface area contributed by atoms with E-state index in [4.69, 9.17) is 0 Å². The van der Waals surface area contributed by atoms with Crippen LogP contribution in [0.1, 0.15) is 27.5 Å². The molecule has 6 rings (SSSR count). The van der Waals surface area contributed by atoms with Crippen LogP contribution in [0.3, 0.4) is 0 Å². The van der Waals surface area contributed by atoms with Crippen molar-refractivity contribution >= 4 is 52.2 Å². The van der Waals surface area contributed by atoms with Gasteiger partial charge in [-0.25, -0.2) is 9.29 Å². The third kappa shape index (κ3) is 5.16. The van der Waals surface area contributed by atoms with Gasteiger partial charge in [-0.05, 0) is 54.4 Å². The van der Waals surface area contributed by atoms with Crippen molar-refractivity contribution in [3.05, 3.63) is 110 Å². The fourth-order valence-corrected chi connectivity index (χ4v) is 8.18. The van der Waals surface area contributed by atoms with Gasteiger partial charge in [-0.1, -0.05) is 59.5 Å². The molecule has 2 unspecified atom stereocenters. The van der Waals surface area contributed by atoms with Gasteiger partial charge in [0.1, 0.15) is 17.6 Å². The molecule has 2 aliphatic heterocycles. The molecule has 1 fully saturated rings. The smallest absolute Gasteiger partial charge is 0.324 e. The predicted octanol–water partition coefficient (Wildman–Crippen LogP) is 5.81. The Morgan fingerprint density at radius 3 is 2.37 bits per heavy atom. The van der Waals surface area contributed by atoms with Crippen LogP contribution in [0.15, 0.2) is 82.6 Å². The van der Waals surface area contributed by atoms with Crippen molar-refractivity contribution in [3.63, 3.8) is 0 Å². The van der Waals surface area contributed by atoms with E-state index in [1.807, 2.05) is 19.1 Å². The van der Waals surface area contributed by atoms with Crippen molar-refractivity contribution in [2.75, 3.05) is 10.2 Å². The summed E-state index contributed by atoms with van der Waals surface area (Å²) >= 11 is 1.75. The number of benzene rings is 3. The number of amides is 3. The number of nitrogens with one attached hydrogen (secondary N) is 1. The molecular formula is C30H21F4N3O4S2. The molecule has 0 saturated carbocycles. The van der Waals surface area contributed by atoms with Gasteiger partial charge < -0.3 is 5.32 Å². The molecule has 0 spiro atoms. The number of aromatic nitrogens is 1. The first-order valence-corrected chi connectivity index (χ1v) is 14.7. The molecular weight excluding hydrogens is 606 g/mol. The van der Waals surface area contributed by atoms with E-state index in [-0.39, 0.29) is 12.2 Å². The van der Waals surface area contributed by atoms with Crippen LogP contribution in [-0.2, 0) is 27.1 Å². The van der Waals surface area contributed by atoms with Crippen molar-refractivity contribution < 1.29 is 31.9 Å². The summed E-state index contributed by atoms with van der Waals surface area (Å²) in [7, 11) is 0. The van der Waals surface area contributed by atoms with E-state index in [1.165, 1.54) is 34.9 Å².